The molecule has 3 N–H and O–H groups in total. The summed E-state index contributed by atoms with van der Waals surface area (Å²) in [6.45, 7) is -0.0141. The van der Waals surface area contributed by atoms with E-state index in [2.05, 4.69) is 10.9 Å². The van der Waals surface area contributed by atoms with Crippen molar-refractivity contribution in [3.8, 4) is 0 Å². The van der Waals surface area contributed by atoms with Gasteiger partial charge in [0, 0.05) is 11.8 Å². The van der Waals surface area contributed by atoms with Gasteiger partial charge in [0.25, 0.3) is 5.91 Å². The Morgan fingerprint density at radius 3 is 3.00 bits per heavy atom. The number of aliphatic hydroxyl groups is 1. The van der Waals surface area contributed by atoms with E-state index in [1.165, 1.54) is 6.08 Å². The van der Waals surface area contributed by atoms with Gasteiger partial charge in [-0.25, -0.2) is 0 Å². The van der Waals surface area contributed by atoms with Crippen LogP contribution in [0.15, 0.2) is 12.0 Å². The zero-order chi connectivity index (χ0) is 8.97. The van der Waals surface area contributed by atoms with Crippen LogP contribution in [0.25, 0.3) is 0 Å². The van der Waals surface area contributed by atoms with Gasteiger partial charge in [-0.1, -0.05) is 0 Å². The summed E-state index contributed by atoms with van der Waals surface area (Å²) < 4.78 is 5.73. The minimum atomic E-state index is -0.392. The van der Waals surface area contributed by atoms with Crippen molar-refractivity contribution in [2.24, 2.45) is 0 Å². The van der Waals surface area contributed by atoms with Crippen molar-refractivity contribution in [1.29, 1.82) is 0 Å². The largest absolute Gasteiger partial charge is 0.476 e. The van der Waals surface area contributed by atoms with E-state index in [9.17, 15) is 4.79 Å². The second-order valence-corrected chi connectivity index (χ2v) is 2.29. The Morgan fingerprint density at radius 1 is 1.67 bits per heavy atom. The molecule has 1 rings (SSSR count). The van der Waals surface area contributed by atoms with Gasteiger partial charge in [0.05, 0.1) is 12.7 Å². The Labute approximate surface area is 73.8 Å². The van der Waals surface area contributed by atoms with Crippen molar-refractivity contribution in [3.05, 3.63) is 12.0 Å². The van der Waals surface area contributed by atoms with Crippen LogP contribution in [0.5, 0.6) is 0 Å². The molecule has 1 aliphatic rings. The zero-order valence-electron chi connectivity index (χ0n) is 6.08. The molecule has 0 bridgehead atoms. The van der Waals surface area contributed by atoms with Gasteiger partial charge in [0.2, 0.25) is 5.88 Å². The average Bonchev–Trinajstić information content (AvgIpc) is 1.99. The topological polar surface area (TPSA) is 73.8 Å². The fourth-order valence-electron chi connectivity index (χ4n) is 0.635. The van der Waals surface area contributed by atoms with Gasteiger partial charge in [0.1, 0.15) is 6.61 Å². The Hall–Kier alpha value is -0.980. The highest BCUT2D eigenvalue weighted by Crippen LogP contribution is 2.00. The number of hydrazine groups is 2. The van der Waals surface area contributed by atoms with Gasteiger partial charge in [-0.15, -0.1) is 0 Å². The lowest BCUT2D eigenvalue weighted by Crippen LogP contribution is -2.48. The third-order valence-electron chi connectivity index (χ3n) is 1.03. The summed E-state index contributed by atoms with van der Waals surface area (Å²) in [5.41, 5.74) is 4.69. The Morgan fingerprint density at radius 2 is 2.42 bits per heavy atom. The third-order valence-corrected chi connectivity index (χ3v) is 1.20. The van der Waals surface area contributed by atoms with E-state index < -0.39 is 5.91 Å². The monoisotopic (exact) mass is 193 g/mol. The molecule has 12 heavy (non-hydrogen) atoms. The molecule has 0 aromatic rings. The number of nitrogens with zero attached hydrogens (tertiary/aromatic N) is 1. The van der Waals surface area contributed by atoms with Gasteiger partial charge in [-0.05, 0) is 4.64 Å². The summed E-state index contributed by atoms with van der Waals surface area (Å²) in [5, 5.41) is 8.40. The lowest BCUT2D eigenvalue weighted by molar-refractivity contribution is -0.121. The standard InChI is InChI=1S/C5H8ClN3O3/c6-9-7-4(11)3-5(8-9)12-2-1-10/h3,8,10H,1-2H2,(H,7,11). The number of carbonyl (C=O) groups excluding carboxylic acids is 1. The number of rotatable bonds is 3. The molecule has 1 heterocycles. The van der Waals surface area contributed by atoms with Gasteiger partial charge in [0.15, 0.2) is 0 Å². The molecule has 7 heteroatoms. The highest BCUT2D eigenvalue weighted by Gasteiger charge is 2.14. The number of carbonyl (C=O) groups is 1. The maximum absolute atomic E-state index is 10.8. The van der Waals surface area contributed by atoms with Crippen molar-refractivity contribution in [2.75, 3.05) is 13.2 Å². The number of amides is 1. The fraction of sp³-hybridized carbons (Fsp3) is 0.400. The van der Waals surface area contributed by atoms with Crippen LogP contribution in [0.3, 0.4) is 0 Å². The Kier molecular flexibility index (Phi) is 3.15. The normalized spacial score (nSPS) is 17.8. The van der Waals surface area contributed by atoms with Crippen LogP contribution in [0, 0.1) is 0 Å². The summed E-state index contributed by atoms with van der Waals surface area (Å²) in [5.74, 6) is -0.195. The van der Waals surface area contributed by atoms with Crippen LogP contribution < -0.4 is 10.9 Å². The second kappa shape index (κ2) is 4.15. The average molecular weight is 194 g/mol. The minimum Gasteiger partial charge on any atom is -0.476 e. The predicted octanol–water partition coefficient (Wildman–Crippen LogP) is -1.16. The molecule has 1 amide bonds. The van der Waals surface area contributed by atoms with Gasteiger partial charge < -0.3 is 9.84 Å². The predicted molar refractivity (Wildman–Crippen MR) is 40.1 cm³/mol. The van der Waals surface area contributed by atoms with Gasteiger partial charge >= 0.3 is 0 Å². The van der Waals surface area contributed by atoms with E-state index >= 15 is 0 Å². The molecule has 0 saturated carbocycles. The quantitative estimate of drug-likeness (QED) is 0.494. The number of aliphatic hydroxyl groups excluding tert-OH is 1. The highest BCUT2D eigenvalue weighted by molar-refractivity contribution is 6.14. The highest BCUT2D eigenvalue weighted by atomic mass is 35.5. The number of hydrogen-bond donors (Lipinski definition) is 3. The molecule has 0 saturated heterocycles. The number of nitrogens with one attached hydrogen (secondary N) is 2. The first-order valence-electron chi connectivity index (χ1n) is 3.21. The third kappa shape index (κ3) is 2.57. The van der Waals surface area contributed by atoms with Crippen LogP contribution in [0.2, 0.25) is 0 Å². The fourth-order valence-corrected chi connectivity index (χ4v) is 0.801. The van der Waals surface area contributed by atoms with Crippen LogP contribution in [-0.2, 0) is 9.53 Å². The summed E-state index contributed by atoms with van der Waals surface area (Å²) >= 11 is 5.39. The Balaban J connectivity index is 2.46. The lowest BCUT2D eigenvalue weighted by atomic mass is 10.5. The molecule has 0 spiro atoms. The van der Waals surface area contributed by atoms with Crippen LogP contribution in [-0.4, -0.2) is 28.9 Å². The summed E-state index contributed by atoms with van der Waals surface area (Å²) in [4.78, 5) is 10.8. The van der Waals surface area contributed by atoms with E-state index in [1.54, 1.807) is 0 Å². The van der Waals surface area contributed by atoms with Crippen molar-refractivity contribution in [2.45, 2.75) is 0 Å². The maximum Gasteiger partial charge on any atom is 0.266 e. The van der Waals surface area contributed by atoms with Gasteiger partial charge in [-0.2, -0.15) is 0 Å². The van der Waals surface area contributed by atoms with E-state index in [-0.39, 0.29) is 19.1 Å². The molecule has 0 aliphatic carbocycles. The molecule has 0 radical (unpaired) electrons. The lowest BCUT2D eigenvalue weighted by Gasteiger charge is -2.22. The number of ether oxygens (including phenoxy) is 1. The minimum absolute atomic E-state index is 0.108. The Bertz CT molecular complexity index is 208. The van der Waals surface area contributed by atoms with Crippen molar-refractivity contribution in [3.63, 3.8) is 0 Å². The number of hydrogen-bond acceptors (Lipinski definition) is 5. The van der Waals surface area contributed by atoms with E-state index in [0.717, 1.165) is 4.64 Å². The smallest absolute Gasteiger partial charge is 0.266 e. The van der Waals surface area contributed by atoms with Crippen LogP contribution in [0.1, 0.15) is 0 Å². The molecular weight excluding hydrogens is 186 g/mol. The molecule has 0 fully saturated rings. The molecule has 0 atom stereocenters. The molecular formula is C5H8ClN3O3. The second-order valence-electron chi connectivity index (χ2n) is 1.95. The van der Waals surface area contributed by atoms with Crippen LogP contribution >= 0.6 is 11.8 Å². The summed E-state index contributed by atoms with van der Waals surface area (Å²) in [7, 11) is 0. The SMILES string of the molecule is O=C1C=C(OCCO)NN(Cl)N1. The van der Waals surface area contributed by atoms with E-state index in [0.29, 0.717) is 0 Å². The molecule has 0 unspecified atom stereocenters. The first-order chi connectivity index (χ1) is 5.72. The first-order valence-corrected chi connectivity index (χ1v) is 3.54. The van der Waals surface area contributed by atoms with Crippen molar-refractivity contribution < 1.29 is 14.6 Å². The summed E-state index contributed by atoms with van der Waals surface area (Å²) in [6, 6.07) is 0. The number of halogens is 1. The van der Waals surface area contributed by atoms with Crippen molar-refractivity contribution >= 4 is 17.7 Å². The van der Waals surface area contributed by atoms with E-state index in [1.807, 2.05) is 0 Å². The molecule has 1 aliphatic heterocycles. The maximum atomic E-state index is 10.8. The molecule has 0 aromatic carbocycles. The van der Waals surface area contributed by atoms with Crippen LogP contribution in [0.4, 0.5) is 0 Å². The summed E-state index contributed by atoms with van der Waals surface area (Å²) in [6.07, 6.45) is 1.19. The zero-order valence-corrected chi connectivity index (χ0v) is 6.84. The van der Waals surface area contributed by atoms with E-state index in [4.69, 9.17) is 21.6 Å². The van der Waals surface area contributed by atoms with Gasteiger partial charge in [-0.3, -0.25) is 15.6 Å². The molecule has 6 nitrogen and oxygen atoms in total. The first kappa shape index (κ1) is 9.11. The molecule has 68 valence electrons. The van der Waals surface area contributed by atoms with Crippen molar-refractivity contribution in [1.82, 2.24) is 15.5 Å². The molecule has 0 aromatic heterocycles.